The molecule has 202 valence electrons. The van der Waals surface area contributed by atoms with Gasteiger partial charge in [-0.2, -0.15) is 13.2 Å². The number of benzene rings is 2. The topological polar surface area (TPSA) is 88.5 Å². The van der Waals surface area contributed by atoms with Crippen molar-refractivity contribution in [3.05, 3.63) is 68.6 Å². The maximum Gasteiger partial charge on any atom is 0.416 e. The van der Waals surface area contributed by atoms with E-state index in [2.05, 4.69) is 15.5 Å². The summed E-state index contributed by atoms with van der Waals surface area (Å²) in [4.78, 5) is 29.2. The minimum absolute atomic E-state index is 0.00531. The van der Waals surface area contributed by atoms with Gasteiger partial charge in [0.2, 0.25) is 0 Å². The zero-order valence-corrected chi connectivity index (χ0v) is 22.0. The van der Waals surface area contributed by atoms with Crippen molar-refractivity contribution in [2.45, 2.75) is 19.1 Å². The van der Waals surface area contributed by atoms with E-state index in [0.29, 0.717) is 34.8 Å². The quantitative estimate of drug-likeness (QED) is 0.297. The highest BCUT2D eigenvalue weighted by atomic mass is 35.5. The van der Waals surface area contributed by atoms with Crippen LogP contribution >= 0.6 is 23.4 Å². The first-order chi connectivity index (χ1) is 18.2. The number of nitrogens with zero attached hydrogens (tertiary/aromatic N) is 2. The Hall–Kier alpha value is -2.86. The normalized spacial score (nSPS) is 18.2. The number of imide groups is 1. The van der Waals surface area contributed by atoms with E-state index in [1.165, 1.54) is 17.0 Å². The van der Waals surface area contributed by atoms with Gasteiger partial charge in [0, 0.05) is 55.2 Å². The third kappa shape index (κ3) is 6.96. The number of alkyl halides is 3. The second kappa shape index (κ2) is 12.3. The summed E-state index contributed by atoms with van der Waals surface area (Å²) in [7, 11) is 0. The number of nitrogens with one attached hydrogen (secondary N) is 3. The van der Waals surface area contributed by atoms with E-state index in [9.17, 15) is 22.8 Å². The minimum Gasteiger partial charge on any atom is -0.380 e. The second-order valence-corrected chi connectivity index (χ2v) is 10.4. The molecule has 0 unspecified atom stereocenters. The molecule has 2 saturated heterocycles. The number of thioether (sulfide) groups is 1. The zero-order valence-electron chi connectivity index (χ0n) is 20.4. The Morgan fingerprint density at radius 2 is 1.92 bits per heavy atom. The van der Waals surface area contributed by atoms with E-state index < -0.39 is 11.7 Å². The average Bonchev–Trinajstić information content (AvgIpc) is 3.04. The van der Waals surface area contributed by atoms with Crippen LogP contribution in [0.2, 0.25) is 5.02 Å². The van der Waals surface area contributed by atoms with Gasteiger partial charge in [-0.15, -0.1) is 0 Å². The molecule has 2 heterocycles. The summed E-state index contributed by atoms with van der Waals surface area (Å²) in [5.74, 6) is -0.353. The fourth-order valence-corrected chi connectivity index (χ4v) is 5.36. The van der Waals surface area contributed by atoms with Crippen molar-refractivity contribution >= 4 is 52.5 Å². The van der Waals surface area contributed by atoms with Crippen molar-refractivity contribution in [1.29, 1.82) is 5.41 Å². The van der Waals surface area contributed by atoms with Crippen molar-refractivity contribution in [1.82, 2.24) is 15.1 Å². The lowest BCUT2D eigenvalue weighted by atomic mass is 10.1. The lowest BCUT2D eigenvalue weighted by Gasteiger charge is -2.22. The maximum absolute atomic E-state index is 13.4. The highest BCUT2D eigenvalue weighted by Crippen LogP contribution is 2.35. The third-order valence-electron chi connectivity index (χ3n) is 6.32. The van der Waals surface area contributed by atoms with Crippen LogP contribution in [0.4, 0.5) is 23.7 Å². The first-order valence-corrected chi connectivity index (χ1v) is 13.3. The summed E-state index contributed by atoms with van der Waals surface area (Å²) >= 11 is 6.63. The molecular weight excluding hydrogens is 539 g/mol. The molecule has 0 aromatic heterocycles. The van der Waals surface area contributed by atoms with Gasteiger partial charge in [0.05, 0.1) is 10.5 Å². The fourth-order valence-electron chi connectivity index (χ4n) is 4.32. The number of carbonyl (C=O) groups excluding carboxylic acids is 2. The minimum atomic E-state index is -4.55. The molecule has 0 spiro atoms. The summed E-state index contributed by atoms with van der Waals surface area (Å²) in [5, 5.41) is 13.7. The molecule has 3 N–H and O–H groups in total. The summed E-state index contributed by atoms with van der Waals surface area (Å²) in [6, 6.07) is 8.55. The van der Waals surface area contributed by atoms with Gasteiger partial charge < -0.3 is 20.9 Å². The van der Waals surface area contributed by atoms with Gasteiger partial charge in [-0.25, -0.2) is 0 Å². The van der Waals surface area contributed by atoms with Crippen LogP contribution in [0.15, 0.2) is 41.3 Å². The highest BCUT2D eigenvalue weighted by molar-refractivity contribution is 8.18. The van der Waals surface area contributed by atoms with Crippen molar-refractivity contribution < 1.29 is 22.8 Å². The molecule has 7 nitrogen and oxygen atoms in total. The highest BCUT2D eigenvalue weighted by Gasteiger charge is 2.35. The van der Waals surface area contributed by atoms with Crippen LogP contribution in [0, 0.1) is 5.41 Å². The van der Waals surface area contributed by atoms with Crippen LogP contribution in [0.3, 0.4) is 0 Å². The maximum atomic E-state index is 13.4. The van der Waals surface area contributed by atoms with E-state index in [0.717, 1.165) is 56.6 Å². The number of carbonyl (C=O) groups is 2. The number of amides is 2. The van der Waals surface area contributed by atoms with Crippen molar-refractivity contribution in [2.24, 2.45) is 0 Å². The Balaban J connectivity index is 1.44. The molecule has 0 aliphatic carbocycles. The predicted octanol–water partition coefficient (Wildman–Crippen LogP) is 5.30. The van der Waals surface area contributed by atoms with Crippen LogP contribution in [-0.2, 0) is 17.5 Å². The molecule has 0 atom stereocenters. The van der Waals surface area contributed by atoms with E-state index in [-0.39, 0.29) is 28.3 Å². The van der Waals surface area contributed by atoms with E-state index >= 15 is 0 Å². The lowest BCUT2D eigenvalue weighted by molar-refractivity contribution is -0.138. The van der Waals surface area contributed by atoms with Crippen LogP contribution in [-0.4, -0.2) is 66.4 Å². The third-order valence-corrected chi connectivity index (χ3v) is 7.46. The van der Waals surface area contributed by atoms with Gasteiger partial charge in [0.1, 0.15) is 0 Å². The van der Waals surface area contributed by atoms with Crippen molar-refractivity contribution in [3.63, 3.8) is 0 Å². The number of halogens is 4. The summed E-state index contributed by atoms with van der Waals surface area (Å²) < 4.78 is 40.2. The SMILES string of the molecule is N=Cc1cc(/C=C2\SC(=O)N(CCN3CCCNCC3)C2=O)ccc1NCc1ccc(Cl)cc1C(F)(F)F. The standard InChI is InChI=1S/C26H27ClF3N5O2S/c27-20-4-3-18(21(14-20)26(28,29)30)16-33-22-5-2-17(12-19(22)15-31)13-23-24(36)35(25(37)38-23)11-10-34-8-1-6-32-7-9-34/h2-5,12-15,31-33H,1,6-11,16H2/b23-13-,31-15?. The molecular formula is C26H27ClF3N5O2S. The Morgan fingerprint density at radius 3 is 2.68 bits per heavy atom. The predicted molar refractivity (Wildman–Crippen MR) is 145 cm³/mol. The first-order valence-electron chi connectivity index (χ1n) is 12.1. The molecule has 0 bridgehead atoms. The Labute approximate surface area is 227 Å². The molecule has 2 aromatic carbocycles. The van der Waals surface area contributed by atoms with Crippen LogP contribution in [0.1, 0.15) is 28.7 Å². The van der Waals surface area contributed by atoms with Gasteiger partial charge in [0.25, 0.3) is 11.1 Å². The monoisotopic (exact) mass is 565 g/mol. The molecule has 2 fully saturated rings. The summed E-state index contributed by atoms with van der Waals surface area (Å²) in [6.07, 6.45) is -0.860. The Kier molecular flexibility index (Phi) is 9.14. The molecule has 0 radical (unpaired) electrons. The van der Waals surface area contributed by atoms with Crippen LogP contribution < -0.4 is 10.6 Å². The number of rotatable bonds is 8. The molecule has 2 amide bonds. The first kappa shape index (κ1) is 28.2. The average molecular weight is 566 g/mol. The second-order valence-electron chi connectivity index (χ2n) is 8.92. The largest absolute Gasteiger partial charge is 0.416 e. The fraction of sp³-hybridized carbons (Fsp3) is 0.346. The van der Waals surface area contributed by atoms with Gasteiger partial charge >= 0.3 is 6.18 Å². The molecule has 38 heavy (non-hydrogen) atoms. The van der Waals surface area contributed by atoms with Gasteiger partial charge in [-0.1, -0.05) is 23.7 Å². The van der Waals surface area contributed by atoms with E-state index in [4.69, 9.17) is 17.0 Å². The molecule has 2 aliphatic rings. The van der Waals surface area contributed by atoms with Gasteiger partial charge in [-0.05, 0) is 72.7 Å². The molecule has 4 rings (SSSR count). The van der Waals surface area contributed by atoms with E-state index in [1.807, 2.05) is 0 Å². The molecule has 12 heteroatoms. The van der Waals surface area contributed by atoms with Crippen molar-refractivity contribution in [2.75, 3.05) is 44.6 Å². The van der Waals surface area contributed by atoms with Gasteiger partial charge in [-0.3, -0.25) is 14.5 Å². The smallest absolute Gasteiger partial charge is 0.380 e. The Bertz CT molecular complexity index is 1250. The van der Waals surface area contributed by atoms with Crippen LogP contribution in [0.25, 0.3) is 6.08 Å². The zero-order chi connectivity index (χ0) is 27.3. The van der Waals surface area contributed by atoms with E-state index in [1.54, 1.807) is 24.3 Å². The summed E-state index contributed by atoms with van der Waals surface area (Å²) in [5.41, 5.74) is 0.678. The number of hydrogen-bond acceptors (Lipinski definition) is 7. The van der Waals surface area contributed by atoms with Crippen molar-refractivity contribution in [3.8, 4) is 0 Å². The molecule has 2 aromatic rings. The molecule has 2 aliphatic heterocycles. The summed E-state index contributed by atoms with van der Waals surface area (Å²) in [6.45, 7) is 4.44. The Morgan fingerprint density at radius 1 is 1.11 bits per heavy atom. The lowest BCUT2D eigenvalue weighted by Crippen LogP contribution is -2.38. The van der Waals surface area contributed by atoms with Gasteiger partial charge in [0.15, 0.2) is 0 Å². The molecule has 0 saturated carbocycles. The number of anilines is 1. The van der Waals surface area contributed by atoms with Crippen LogP contribution in [0.5, 0.6) is 0 Å². The number of hydrogen-bond donors (Lipinski definition) is 3.